The molecule has 1 rings (SSSR count). The Bertz CT molecular complexity index is 550. The van der Waals surface area contributed by atoms with Crippen molar-refractivity contribution in [3.05, 3.63) is 17.5 Å². The van der Waals surface area contributed by atoms with Crippen molar-refractivity contribution in [2.45, 2.75) is 45.7 Å². The van der Waals surface area contributed by atoms with Gasteiger partial charge in [0.1, 0.15) is 11.7 Å². The second kappa shape index (κ2) is 6.87. The Morgan fingerprint density at radius 1 is 1.43 bits per heavy atom. The second-order valence-corrected chi connectivity index (χ2v) is 4.96. The summed E-state index contributed by atoms with van der Waals surface area (Å²) in [5, 5.41) is 15.6. The Hall–Kier alpha value is -2.38. The molecule has 0 aliphatic heterocycles. The van der Waals surface area contributed by atoms with Crippen LogP contribution in [0.25, 0.3) is 0 Å². The number of carbonyl (C=O) groups is 3. The second-order valence-electron chi connectivity index (χ2n) is 4.96. The maximum absolute atomic E-state index is 12.2. The maximum Gasteiger partial charge on any atom is 0.326 e. The van der Waals surface area contributed by atoms with Gasteiger partial charge in [0.2, 0.25) is 5.91 Å². The number of nitrogens with two attached hydrogens (primary N) is 1. The van der Waals surface area contributed by atoms with E-state index in [2.05, 4.69) is 10.4 Å². The summed E-state index contributed by atoms with van der Waals surface area (Å²) in [6.45, 7) is 6.18. The highest BCUT2D eigenvalue weighted by molar-refractivity contribution is 5.96. The van der Waals surface area contributed by atoms with Crippen molar-refractivity contribution in [2.75, 3.05) is 0 Å². The molecule has 8 nitrogen and oxygen atoms in total. The van der Waals surface area contributed by atoms with Crippen molar-refractivity contribution < 1.29 is 19.5 Å². The third-order valence-electron chi connectivity index (χ3n) is 2.93. The molecule has 0 saturated carbocycles. The molecule has 0 radical (unpaired) electrons. The lowest BCUT2D eigenvalue weighted by atomic mass is 10.1. The van der Waals surface area contributed by atoms with Gasteiger partial charge in [-0.3, -0.25) is 14.3 Å². The molecule has 21 heavy (non-hydrogen) atoms. The number of nitrogens with one attached hydrogen (secondary N) is 1. The molecule has 116 valence electrons. The highest BCUT2D eigenvalue weighted by Gasteiger charge is 2.25. The Morgan fingerprint density at radius 3 is 2.48 bits per heavy atom. The first kappa shape index (κ1) is 16.7. The average Bonchev–Trinajstić information content (AvgIpc) is 2.81. The zero-order valence-electron chi connectivity index (χ0n) is 12.3. The number of rotatable bonds is 7. The summed E-state index contributed by atoms with van der Waals surface area (Å²) in [5.74, 6) is -2.56. The SMILES string of the molecule is CCn1nc(C(C)C)cc1C(=O)N[C@H](CC(N)=O)C(=O)O. The summed E-state index contributed by atoms with van der Waals surface area (Å²) in [6.07, 6.45) is -0.460. The number of primary amides is 1. The Kier molecular flexibility index (Phi) is 5.45. The fourth-order valence-electron chi connectivity index (χ4n) is 1.78. The van der Waals surface area contributed by atoms with E-state index in [9.17, 15) is 14.4 Å². The third-order valence-corrected chi connectivity index (χ3v) is 2.93. The molecule has 2 amide bonds. The Morgan fingerprint density at radius 2 is 2.05 bits per heavy atom. The van der Waals surface area contributed by atoms with Crippen LogP contribution >= 0.6 is 0 Å². The van der Waals surface area contributed by atoms with Crippen LogP contribution in [0, 0.1) is 0 Å². The van der Waals surface area contributed by atoms with E-state index in [0.717, 1.165) is 5.69 Å². The molecule has 1 atom stereocenters. The highest BCUT2D eigenvalue weighted by Crippen LogP contribution is 2.14. The van der Waals surface area contributed by atoms with Crippen molar-refractivity contribution in [1.29, 1.82) is 0 Å². The fraction of sp³-hybridized carbons (Fsp3) is 0.538. The molecule has 0 aromatic carbocycles. The molecule has 0 aliphatic carbocycles. The molecule has 0 spiro atoms. The minimum absolute atomic E-state index is 0.144. The summed E-state index contributed by atoms with van der Waals surface area (Å²) < 4.78 is 1.49. The van der Waals surface area contributed by atoms with Crippen molar-refractivity contribution in [2.24, 2.45) is 5.73 Å². The minimum Gasteiger partial charge on any atom is -0.480 e. The van der Waals surface area contributed by atoms with Crippen molar-refractivity contribution in [3.63, 3.8) is 0 Å². The molecule has 1 aromatic rings. The van der Waals surface area contributed by atoms with Crippen LogP contribution in [-0.2, 0) is 16.1 Å². The Labute approximate surface area is 122 Å². The van der Waals surface area contributed by atoms with E-state index in [1.807, 2.05) is 20.8 Å². The standard InChI is InChI=1S/C13H20N4O4/c1-4-17-10(5-8(16-17)7(2)3)12(19)15-9(13(20)21)6-11(14)18/h5,7,9H,4,6H2,1-3H3,(H2,14,18)(H,15,19)(H,20,21)/t9-/m1/s1. The topological polar surface area (TPSA) is 127 Å². The van der Waals surface area contributed by atoms with Gasteiger partial charge < -0.3 is 16.2 Å². The van der Waals surface area contributed by atoms with Gasteiger partial charge in [-0.2, -0.15) is 5.10 Å². The van der Waals surface area contributed by atoms with Gasteiger partial charge in [-0.15, -0.1) is 0 Å². The zero-order valence-corrected chi connectivity index (χ0v) is 12.3. The van der Waals surface area contributed by atoms with Crippen LogP contribution in [0.1, 0.15) is 49.3 Å². The number of aryl methyl sites for hydroxylation is 1. The number of aromatic nitrogens is 2. The van der Waals surface area contributed by atoms with Crippen molar-refractivity contribution in [1.82, 2.24) is 15.1 Å². The minimum atomic E-state index is -1.35. The monoisotopic (exact) mass is 296 g/mol. The van der Waals surface area contributed by atoms with Crippen LogP contribution in [0.3, 0.4) is 0 Å². The lowest BCUT2D eigenvalue weighted by molar-refractivity contribution is -0.140. The fourth-order valence-corrected chi connectivity index (χ4v) is 1.78. The van der Waals surface area contributed by atoms with E-state index in [1.165, 1.54) is 4.68 Å². The number of carboxylic acid groups (broad SMARTS) is 1. The number of aliphatic carboxylic acids is 1. The predicted molar refractivity (Wildman–Crippen MR) is 74.7 cm³/mol. The Balaban J connectivity index is 2.96. The van der Waals surface area contributed by atoms with E-state index < -0.39 is 30.2 Å². The molecule has 0 saturated heterocycles. The van der Waals surface area contributed by atoms with Gasteiger partial charge >= 0.3 is 5.97 Å². The third kappa shape index (κ3) is 4.30. The van der Waals surface area contributed by atoms with Crippen molar-refractivity contribution >= 4 is 17.8 Å². The van der Waals surface area contributed by atoms with Gasteiger partial charge in [-0.25, -0.2) is 4.79 Å². The molecule has 8 heteroatoms. The lowest BCUT2D eigenvalue weighted by Crippen LogP contribution is -2.43. The molecular weight excluding hydrogens is 276 g/mol. The van der Waals surface area contributed by atoms with Gasteiger partial charge in [-0.05, 0) is 18.9 Å². The maximum atomic E-state index is 12.2. The first-order chi connectivity index (χ1) is 9.76. The quantitative estimate of drug-likeness (QED) is 0.656. The summed E-state index contributed by atoms with van der Waals surface area (Å²) in [6, 6.07) is 0.268. The number of hydrogen-bond donors (Lipinski definition) is 3. The molecule has 0 bridgehead atoms. The van der Waals surface area contributed by atoms with Gasteiger partial charge in [-0.1, -0.05) is 13.8 Å². The first-order valence-corrected chi connectivity index (χ1v) is 6.66. The summed E-state index contributed by atoms with van der Waals surface area (Å²) in [7, 11) is 0. The number of amides is 2. The zero-order chi connectivity index (χ0) is 16.2. The molecule has 1 aromatic heterocycles. The number of carbonyl (C=O) groups excluding carboxylic acids is 2. The number of hydrogen-bond acceptors (Lipinski definition) is 4. The summed E-state index contributed by atoms with van der Waals surface area (Å²) in [5.41, 5.74) is 5.97. The normalized spacial score (nSPS) is 12.2. The first-order valence-electron chi connectivity index (χ1n) is 6.66. The van der Waals surface area contributed by atoms with Gasteiger partial charge in [0, 0.05) is 6.54 Å². The van der Waals surface area contributed by atoms with Gasteiger partial charge in [0.25, 0.3) is 5.91 Å². The van der Waals surface area contributed by atoms with Crippen LogP contribution in [0.15, 0.2) is 6.07 Å². The van der Waals surface area contributed by atoms with Gasteiger partial charge in [0.15, 0.2) is 0 Å². The lowest BCUT2D eigenvalue weighted by Gasteiger charge is -2.13. The smallest absolute Gasteiger partial charge is 0.326 e. The van der Waals surface area contributed by atoms with Crippen LogP contribution in [0.2, 0.25) is 0 Å². The van der Waals surface area contributed by atoms with E-state index in [4.69, 9.17) is 10.8 Å². The van der Waals surface area contributed by atoms with E-state index >= 15 is 0 Å². The van der Waals surface area contributed by atoms with E-state index in [0.29, 0.717) is 6.54 Å². The van der Waals surface area contributed by atoms with Crippen LogP contribution < -0.4 is 11.1 Å². The number of carboxylic acids is 1. The van der Waals surface area contributed by atoms with Crippen LogP contribution in [-0.4, -0.2) is 38.7 Å². The van der Waals surface area contributed by atoms with E-state index in [-0.39, 0.29) is 11.6 Å². The molecule has 0 unspecified atom stereocenters. The highest BCUT2D eigenvalue weighted by atomic mass is 16.4. The molecule has 0 fully saturated rings. The largest absolute Gasteiger partial charge is 0.480 e. The summed E-state index contributed by atoms with van der Waals surface area (Å²) >= 11 is 0. The van der Waals surface area contributed by atoms with E-state index in [1.54, 1.807) is 6.07 Å². The number of nitrogens with zero attached hydrogens (tertiary/aromatic N) is 2. The van der Waals surface area contributed by atoms with Crippen LogP contribution in [0.4, 0.5) is 0 Å². The molecule has 1 heterocycles. The molecule has 4 N–H and O–H groups in total. The average molecular weight is 296 g/mol. The van der Waals surface area contributed by atoms with Crippen molar-refractivity contribution in [3.8, 4) is 0 Å². The van der Waals surface area contributed by atoms with Gasteiger partial charge in [0.05, 0.1) is 12.1 Å². The predicted octanol–water partition coefficient (Wildman–Crippen LogP) is 0.0848. The molecule has 0 aliphatic rings. The van der Waals surface area contributed by atoms with Crippen LogP contribution in [0.5, 0.6) is 0 Å². The summed E-state index contributed by atoms with van der Waals surface area (Å²) in [4.78, 5) is 34.0. The molecular formula is C13H20N4O4.